The number of fused-ring (bicyclic) bond motifs is 1. The van der Waals surface area contributed by atoms with E-state index >= 15 is 0 Å². The molecule has 0 fully saturated rings. The predicted molar refractivity (Wildman–Crippen MR) is 80.7 cm³/mol. The van der Waals surface area contributed by atoms with Gasteiger partial charge in [-0.2, -0.15) is 0 Å². The number of carbonyl (C=O) groups is 1. The summed E-state index contributed by atoms with van der Waals surface area (Å²) >= 11 is 1.37. The number of aromatic nitrogens is 3. The number of nitrogens with zero attached hydrogens (tertiary/aromatic N) is 3. The summed E-state index contributed by atoms with van der Waals surface area (Å²) in [5.74, 6) is 1.40. The molecule has 0 saturated carbocycles. The van der Waals surface area contributed by atoms with E-state index in [-0.39, 0.29) is 18.0 Å². The fourth-order valence-corrected chi connectivity index (χ4v) is 2.79. The number of rotatable bonds is 5. The van der Waals surface area contributed by atoms with Crippen LogP contribution < -0.4 is 14.8 Å². The summed E-state index contributed by atoms with van der Waals surface area (Å²) < 4.78 is 12.4. The Hall–Kier alpha value is -2.22. The van der Waals surface area contributed by atoms with Gasteiger partial charge in [-0.15, -0.1) is 10.2 Å². The molecule has 1 N–H and O–H groups in total. The Morgan fingerprint density at radius 2 is 2.27 bits per heavy atom. The molecule has 0 saturated heterocycles. The van der Waals surface area contributed by atoms with E-state index in [0.29, 0.717) is 17.5 Å². The highest BCUT2D eigenvalue weighted by Crippen LogP contribution is 2.32. The molecule has 1 amide bonds. The minimum Gasteiger partial charge on any atom is -0.454 e. The van der Waals surface area contributed by atoms with Crippen LogP contribution in [0.4, 0.5) is 0 Å². The van der Waals surface area contributed by atoms with E-state index in [2.05, 4.69) is 15.5 Å². The van der Waals surface area contributed by atoms with Gasteiger partial charge in [-0.05, 0) is 24.6 Å². The van der Waals surface area contributed by atoms with Crippen molar-refractivity contribution in [2.24, 2.45) is 7.05 Å². The maximum Gasteiger partial charge on any atom is 0.233 e. The number of ether oxygens (including phenoxy) is 2. The summed E-state index contributed by atoms with van der Waals surface area (Å²) in [7, 11) is 1.85. The second-order valence-corrected chi connectivity index (χ2v) is 6.20. The van der Waals surface area contributed by atoms with Crippen LogP contribution in [0.15, 0.2) is 29.7 Å². The zero-order valence-electron chi connectivity index (χ0n) is 12.3. The van der Waals surface area contributed by atoms with Crippen LogP contribution in [-0.2, 0) is 18.4 Å². The molecule has 0 bridgehead atoms. The summed E-state index contributed by atoms with van der Waals surface area (Å²) in [6, 6.07) is 5.64. The van der Waals surface area contributed by atoms with Gasteiger partial charge in [0.15, 0.2) is 16.7 Å². The molecule has 1 atom stereocenters. The number of thioether (sulfide) groups is 1. The highest BCUT2D eigenvalue weighted by atomic mass is 32.2. The highest BCUT2D eigenvalue weighted by Gasteiger charge is 2.18. The van der Waals surface area contributed by atoms with E-state index < -0.39 is 0 Å². The van der Waals surface area contributed by atoms with E-state index in [1.807, 2.05) is 32.2 Å². The molecule has 1 aromatic heterocycles. The van der Waals surface area contributed by atoms with Crippen molar-refractivity contribution in [3.05, 3.63) is 30.1 Å². The van der Waals surface area contributed by atoms with Gasteiger partial charge in [0, 0.05) is 13.6 Å². The van der Waals surface area contributed by atoms with Crippen molar-refractivity contribution in [1.29, 1.82) is 0 Å². The molecule has 0 spiro atoms. The number of hydrogen-bond donors (Lipinski definition) is 1. The third-order valence-corrected chi connectivity index (χ3v) is 4.37. The monoisotopic (exact) mass is 320 g/mol. The first-order chi connectivity index (χ1) is 10.6. The molecule has 7 nitrogen and oxygen atoms in total. The molecular formula is C14H16N4O3S. The molecule has 1 aromatic carbocycles. The third-order valence-electron chi connectivity index (χ3n) is 3.22. The first-order valence-corrected chi connectivity index (χ1v) is 7.68. The lowest BCUT2D eigenvalue weighted by Gasteiger charge is -2.11. The van der Waals surface area contributed by atoms with E-state index in [1.54, 1.807) is 10.9 Å². The molecule has 0 unspecified atom stereocenters. The predicted octanol–water partition coefficient (Wildman–Crippen LogP) is 1.34. The van der Waals surface area contributed by atoms with Crippen LogP contribution in [0.2, 0.25) is 0 Å². The van der Waals surface area contributed by atoms with Gasteiger partial charge >= 0.3 is 0 Å². The molecule has 0 aliphatic carbocycles. The highest BCUT2D eigenvalue weighted by molar-refractivity contribution is 8.00. The van der Waals surface area contributed by atoms with Crippen LogP contribution >= 0.6 is 11.8 Å². The summed E-state index contributed by atoms with van der Waals surface area (Å²) in [4.78, 5) is 12.1. The van der Waals surface area contributed by atoms with Crippen molar-refractivity contribution >= 4 is 17.7 Å². The summed E-state index contributed by atoms with van der Waals surface area (Å²) in [6.45, 7) is 2.53. The van der Waals surface area contributed by atoms with Crippen molar-refractivity contribution in [3.8, 4) is 11.5 Å². The Morgan fingerprint density at radius 3 is 3.05 bits per heavy atom. The van der Waals surface area contributed by atoms with Crippen molar-refractivity contribution in [3.63, 3.8) is 0 Å². The summed E-state index contributed by atoms with van der Waals surface area (Å²) in [6.07, 6.45) is 1.61. The van der Waals surface area contributed by atoms with Gasteiger partial charge in [-0.1, -0.05) is 17.8 Å². The van der Waals surface area contributed by atoms with Crippen LogP contribution in [0.3, 0.4) is 0 Å². The Labute approximate surface area is 132 Å². The minimum absolute atomic E-state index is 0.0503. The summed E-state index contributed by atoms with van der Waals surface area (Å²) in [5.41, 5.74) is 0.966. The van der Waals surface area contributed by atoms with Crippen LogP contribution in [0.5, 0.6) is 11.5 Å². The Bertz CT molecular complexity index is 688. The van der Waals surface area contributed by atoms with E-state index in [4.69, 9.17) is 9.47 Å². The Kier molecular flexibility index (Phi) is 4.19. The average Bonchev–Trinajstić information content (AvgIpc) is 3.13. The molecule has 3 rings (SSSR count). The van der Waals surface area contributed by atoms with Crippen molar-refractivity contribution in [2.45, 2.75) is 23.9 Å². The summed E-state index contributed by atoms with van der Waals surface area (Å²) in [5, 5.41) is 11.1. The van der Waals surface area contributed by atoms with Gasteiger partial charge in [-0.25, -0.2) is 0 Å². The average molecular weight is 320 g/mol. The standard InChI is InChI=1S/C14H16N4O3S/c1-9(22-14-17-16-7-18(14)2)13(19)15-6-10-3-4-11-12(5-10)21-8-20-11/h3-5,7,9H,6,8H2,1-2H3,(H,15,19)/t9-/m1/s1. The number of amides is 1. The van der Waals surface area contributed by atoms with E-state index in [1.165, 1.54) is 11.8 Å². The Balaban J connectivity index is 1.54. The second kappa shape index (κ2) is 6.27. The molecule has 2 aromatic rings. The second-order valence-electron chi connectivity index (χ2n) is 4.89. The zero-order valence-corrected chi connectivity index (χ0v) is 13.1. The van der Waals surface area contributed by atoms with E-state index in [0.717, 1.165) is 11.3 Å². The Morgan fingerprint density at radius 1 is 1.45 bits per heavy atom. The quantitative estimate of drug-likeness (QED) is 0.838. The largest absolute Gasteiger partial charge is 0.454 e. The van der Waals surface area contributed by atoms with Gasteiger partial charge in [0.2, 0.25) is 12.7 Å². The van der Waals surface area contributed by atoms with Gasteiger partial charge in [0.25, 0.3) is 0 Å². The zero-order chi connectivity index (χ0) is 15.5. The molecule has 8 heteroatoms. The van der Waals surface area contributed by atoms with Crippen LogP contribution in [-0.4, -0.2) is 32.7 Å². The van der Waals surface area contributed by atoms with Crippen LogP contribution in [0.1, 0.15) is 12.5 Å². The molecule has 1 aliphatic rings. The van der Waals surface area contributed by atoms with Crippen molar-refractivity contribution in [2.75, 3.05) is 6.79 Å². The van der Waals surface area contributed by atoms with Crippen LogP contribution in [0.25, 0.3) is 0 Å². The molecule has 116 valence electrons. The maximum absolute atomic E-state index is 12.1. The molecular weight excluding hydrogens is 304 g/mol. The smallest absolute Gasteiger partial charge is 0.233 e. The van der Waals surface area contributed by atoms with Crippen molar-refractivity contribution < 1.29 is 14.3 Å². The normalized spacial score (nSPS) is 13.9. The lowest BCUT2D eigenvalue weighted by Crippen LogP contribution is -2.30. The first-order valence-electron chi connectivity index (χ1n) is 6.80. The molecule has 1 aliphatic heterocycles. The topological polar surface area (TPSA) is 78.3 Å². The van der Waals surface area contributed by atoms with Gasteiger partial charge in [-0.3, -0.25) is 4.79 Å². The lowest BCUT2D eigenvalue weighted by atomic mass is 10.2. The van der Waals surface area contributed by atoms with Gasteiger partial charge < -0.3 is 19.4 Å². The molecule has 0 radical (unpaired) electrons. The van der Waals surface area contributed by atoms with Gasteiger partial charge in [0.1, 0.15) is 6.33 Å². The number of benzene rings is 1. The molecule has 2 heterocycles. The third kappa shape index (κ3) is 3.16. The van der Waals surface area contributed by atoms with Crippen molar-refractivity contribution in [1.82, 2.24) is 20.1 Å². The van der Waals surface area contributed by atoms with Crippen LogP contribution in [0, 0.1) is 0 Å². The number of aryl methyl sites for hydroxylation is 1. The number of carbonyl (C=O) groups excluding carboxylic acids is 1. The van der Waals surface area contributed by atoms with Gasteiger partial charge in [0.05, 0.1) is 5.25 Å². The molecule has 22 heavy (non-hydrogen) atoms. The first kappa shape index (κ1) is 14.7. The van der Waals surface area contributed by atoms with E-state index in [9.17, 15) is 4.79 Å². The number of hydrogen-bond acceptors (Lipinski definition) is 6. The number of nitrogens with one attached hydrogen (secondary N) is 1. The fourth-order valence-electron chi connectivity index (χ4n) is 1.97. The lowest BCUT2D eigenvalue weighted by molar-refractivity contribution is -0.120. The SMILES string of the molecule is C[C@@H](Sc1nncn1C)C(=O)NCc1ccc2c(c1)OCO2. The maximum atomic E-state index is 12.1. The minimum atomic E-state index is -0.253. The fraction of sp³-hybridized carbons (Fsp3) is 0.357.